The molecular formula is C14H24N4O. The van der Waals surface area contributed by atoms with Crippen molar-refractivity contribution in [1.82, 2.24) is 14.9 Å². The Kier molecular flexibility index (Phi) is 4.85. The van der Waals surface area contributed by atoms with Gasteiger partial charge in [0.1, 0.15) is 6.10 Å². The van der Waals surface area contributed by atoms with E-state index in [1.165, 1.54) is 0 Å². The summed E-state index contributed by atoms with van der Waals surface area (Å²) in [4.78, 5) is 11.4. The Hall–Kier alpha value is -1.04. The molecule has 19 heavy (non-hydrogen) atoms. The molecule has 2 N–H and O–H groups in total. The largest absolute Gasteiger partial charge is 0.368 e. The lowest BCUT2D eigenvalue weighted by molar-refractivity contribution is -0.0343. The molecule has 1 unspecified atom stereocenters. The van der Waals surface area contributed by atoms with Gasteiger partial charge in [-0.15, -0.1) is 0 Å². The van der Waals surface area contributed by atoms with Gasteiger partial charge >= 0.3 is 0 Å². The van der Waals surface area contributed by atoms with Gasteiger partial charge in [0.2, 0.25) is 0 Å². The Morgan fingerprint density at radius 1 is 1.58 bits per heavy atom. The van der Waals surface area contributed by atoms with Crippen LogP contribution in [-0.2, 0) is 4.74 Å². The molecular weight excluding hydrogens is 240 g/mol. The molecule has 1 aromatic heterocycles. The van der Waals surface area contributed by atoms with Crippen LogP contribution in [0.15, 0.2) is 6.20 Å². The van der Waals surface area contributed by atoms with Gasteiger partial charge in [0.15, 0.2) is 5.82 Å². The summed E-state index contributed by atoms with van der Waals surface area (Å²) in [6.45, 7) is 9.87. The Bertz CT molecular complexity index is 420. The normalized spacial score (nSPS) is 22.4. The highest BCUT2D eigenvalue weighted by atomic mass is 16.5. The summed E-state index contributed by atoms with van der Waals surface area (Å²) in [5, 5.41) is 0. The van der Waals surface area contributed by atoms with Gasteiger partial charge in [-0.25, -0.2) is 9.97 Å². The van der Waals surface area contributed by atoms with E-state index >= 15 is 0 Å². The van der Waals surface area contributed by atoms with E-state index in [9.17, 15) is 0 Å². The molecule has 0 spiro atoms. The molecule has 0 aromatic carbocycles. The SMILES string of the molecule is CCCN1CCOC(c2ncc([C@@H](C)N)c(C)n2)C1. The minimum absolute atomic E-state index is 0.0128. The first-order chi connectivity index (χ1) is 9.11. The predicted molar refractivity (Wildman–Crippen MR) is 74.8 cm³/mol. The molecule has 5 heteroatoms. The van der Waals surface area contributed by atoms with Crippen LogP contribution in [0.5, 0.6) is 0 Å². The lowest BCUT2D eigenvalue weighted by Crippen LogP contribution is -2.39. The van der Waals surface area contributed by atoms with E-state index in [4.69, 9.17) is 10.5 Å². The van der Waals surface area contributed by atoms with E-state index in [1.807, 2.05) is 20.0 Å². The molecule has 1 saturated heterocycles. The van der Waals surface area contributed by atoms with Crippen molar-refractivity contribution in [1.29, 1.82) is 0 Å². The van der Waals surface area contributed by atoms with Crippen molar-refractivity contribution in [3.63, 3.8) is 0 Å². The molecule has 0 saturated carbocycles. The van der Waals surface area contributed by atoms with E-state index in [1.54, 1.807) is 0 Å². The van der Waals surface area contributed by atoms with Gasteiger partial charge in [-0.3, -0.25) is 4.90 Å². The third-order valence-electron chi connectivity index (χ3n) is 3.50. The van der Waals surface area contributed by atoms with Gasteiger partial charge < -0.3 is 10.5 Å². The molecule has 0 bridgehead atoms. The summed E-state index contributed by atoms with van der Waals surface area (Å²) >= 11 is 0. The maximum atomic E-state index is 5.89. The van der Waals surface area contributed by atoms with E-state index in [0.29, 0.717) is 0 Å². The molecule has 1 fully saturated rings. The van der Waals surface area contributed by atoms with Crippen LogP contribution in [0.4, 0.5) is 0 Å². The first-order valence-corrected chi connectivity index (χ1v) is 7.04. The van der Waals surface area contributed by atoms with Crippen LogP contribution in [0.25, 0.3) is 0 Å². The zero-order valence-electron chi connectivity index (χ0n) is 12.1. The van der Waals surface area contributed by atoms with Gasteiger partial charge in [-0.2, -0.15) is 0 Å². The molecule has 2 heterocycles. The van der Waals surface area contributed by atoms with Crippen LogP contribution in [0.3, 0.4) is 0 Å². The summed E-state index contributed by atoms with van der Waals surface area (Å²) in [5.74, 6) is 0.780. The van der Waals surface area contributed by atoms with Gasteiger partial charge in [-0.1, -0.05) is 6.92 Å². The fraction of sp³-hybridized carbons (Fsp3) is 0.714. The number of aromatic nitrogens is 2. The molecule has 0 aliphatic carbocycles. The van der Waals surface area contributed by atoms with Crippen LogP contribution < -0.4 is 5.73 Å². The number of hydrogen-bond acceptors (Lipinski definition) is 5. The van der Waals surface area contributed by atoms with Crippen molar-refractivity contribution in [3.8, 4) is 0 Å². The summed E-state index contributed by atoms with van der Waals surface area (Å²) in [6, 6.07) is -0.0297. The highest BCUT2D eigenvalue weighted by molar-refractivity contribution is 5.20. The van der Waals surface area contributed by atoms with E-state index in [0.717, 1.165) is 49.7 Å². The molecule has 2 atom stereocenters. The fourth-order valence-corrected chi connectivity index (χ4v) is 2.47. The van der Waals surface area contributed by atoms with E-state index in [-0.39, 0.29) is 12.1 Å². The minimum Gasteiger partial charge on any atom is -0.368 e. The average Bonchev–Trinajstić information content (AvgIpc) is 2.39. The molecule has 2 rings (SSSR count). The Labute approximate surface area is 115 Å². The van der Waals surface area contributed by atoms with Gasteiger partial charge in [0, 0.05) is 36.6 Å². The predicted octanol–water partition coefficient (Wildman–Crippen LogP) is 1.59. The molecule has 1 aliphatic rings. The maximum absolute atomic E-state index is 5.89. The zero-order chi connectivity index (χ0) is 13.8. The molecule has 5 nitrogen and oxygen atoms in total. The number of rotatable bonds is 4. The number of nitrogens with zero attached hydrogens (tertiary/aromatic N) is 3. The van der Waals surface area contributed by atoms with Gasteiger partial charge in [0.25, 0.3) is 0 Å². The van der Waals surface area contributed by atoms with Crippen molar-refractivity contribution in [3.05, 3.63) is 23.3 Å². The van der Waals surface area contributed by atoms with E-state index in [2.05, 4.69) is 21.8 Å². The number of aryl methyl sites for hydroxylation is 1. The monoisotopic (exact) mass is 264 g/mol. The number of morpholine rings is 1. The highest BCUT2D eigenvalue weighted by Gasteiger charge is 2.24. The number of hydrogen-bond donors (Lipinski definition) is 1. The molecule has 0 radical (unpaired) electrons. The van der Waals surface area contributed by atoms with Crippen molar-refractivity contribution in [2.75, 3.05) is 26.2 Å². The highest BCUT2D eigenvalue weighted by Crippen LogP contribution is 2.21. The molecule has 1 aliphatic heterocycles. The first kappa shape index (κ1) is 14.4. The third-order valence-corrected chi connectivity index (χ3v) is 3.50. The van der Waals surface area contributed by atoms with Crippen LogP contribution in [-0.4, -0.2) is 41.1 Å². The standard InChI is InChI=1S/C14H24N4O/c1-4-5-18-6-7-19-13(9-18)14-16-8-12(10(2)15)11(3)17-14/h8,10,13H,4-7,9,15H2,1-3H3/t10-,13?/m1/s1. The lowest BCUT2D eigenvalue weighted by atomic mass is 10.1. The quantitative estimate of drug-likeness (QED) is 0.894. The van der Waals surface area contributed by atoms with Crippen molar-refractivity contribution >= 4 is 0 Å². The van der Waals surface area contributed by atoms with Gasteiger partial charge in [-0.05, 0) is 26.8 Å². The smallest absolute Gasteiger partial charge is 0.158 e. The maximum Gasteiger partial charge on any atom is 0.158 e. The number of nitrogens with two attached hydrogens (primary N) is 1. The zero-order valence-corrected chi connectivity index (χ0v) is 12.1. The molecule has 1 aromatic rings. The summed E-state index contributed by atoms with van der Waals surface area (Å²) in [6.07, 6.45) is 2.99. The second kappa shape index (κ2) is 6.41. The van der Waals surface area contributed by atoms with E-state index < -0.39 is 0 Å². The average molecular weight is 264 g/mol. The lowest BCUT2D eigenvalue weighted by Gasteiger charge is -2.32. The van der Waals surface area contributed by atoms with Crippen LogP contribution in [0, 0.1) is 6.92 Å². The molecule has 0 amide bonds. The minimum atomic E-state index is -0.0297. The topological polar surface area (TPSA) is 64.3 Å². The second-order valence-corrected chi connectivity index (χ2v) is 5.22. The fourth-order valence-electron chi connectivity index (χ4n) is 2.47. The summed E-state index contributed by atoms with van der Waals surface area (Å²) in [5.41, 5.74) is 7.84. The van der Waals surface area contributed by atoms with Crippen LogP contribution in [0.1, 0.15) is 49.5 Å². The summed E-state index contributed by atoms with van der Waals surface area (Å²) < 4.78 is 5.80. The van der Waals surface area contributed by atoms with Gasteiger partial charge in [0.05, 0.1) is 6.61 Å². The Balaban J connectivity index is 2.11. The second-order valence-electron chi connectivity index (χ2n) is 5.22. The molecule has 106 valence electrons. The Morgan fingerprint density at radius 2 is 2.37 bits per heavy atom. The Morgan fingerprint density at radius 3 is 3.00 bits per heavy atom. The van der Waals surface area contributed by atoms with Crippen molar-refractivity contribution in [2.45, 2.75) is 39.3 Å². The van der Waals surface area contributed by atoms with Crippen LogP contribution >= 0.6 is 0 Å². The number of ether oxygens (including phenoxy) is 1. The first-order valence-electron chi connectivity index (χ1n) is 7.04. The van der Waals surface area contributed by atoms with Crippen molar-refractivity contribution < 1.29 is 4.74 Å². The summed E-state index contributed by atoms with van der Waals surface area (Å²) in [7, 11) is 0. The van der Waals surface area contributed by atoms with Crippen molar-refractivity contribution in [2.24, 2.45) is 5.73 Å². The van der Waals surface area contributed by atoms with Crippen LogP contribution in [0.2, 0.25) is 0 Å². The third kappa shape index (κ3) is 3.49.